The molecule has 3 heterocycles. The monoisotopic (exact) mass is 473 g/mol. The second-order valence-electron chi connectivity index (χ2n) is 5.56. The molecule has 0 bridgehead atoms. The van der Waals surface area contributed by atoms with Crippen molar-refractivity contribution in [3.63, 3.8) is 0 Å². The molecular weight excluding hydrogens is 462 g/mol. The summed E-state index contributed by atoms with van der Waals surface area (Å²) in [5, 5.41) is 6.64. The molecular formula is C18H12BrN5O2S2. The number of carbonyl (C=O) groups excluding carboxylic acids is 2. The van der Waals surface area contributed by atoms with Crippen molar-refractivity contribution in [2.45, 2.75) is 0 Å². The van der Waals surface area contributed by atoms with Crippen LogP contribution in [-0.2, 0) is 0 Å². The second kappa shape index (κ2) is 8.05. The van der Waals surface area contributed by atoms with E-state index in [0.29, 0.717) is 9.88 Å². The molecule has 0 aliphatic heterocycles. The molecule has 28 heavy (non-hydrogen) atoms. The molecule has 2 N–H and O–H groups in total. The number of hydrogen-bond donors (Lipinski definition) is 2. The average Bonchev–Trinajstić information content (AvgIpc) is 3.46. The van der Waals surface area contributed by atoms with Crippen LogP contribution in [-0.4, -0.2) is 26.6 Å². The summed E-state index contributed by atoms with van der Waals surface area (Å²) in [6, 6.07) is 13.1. The lowest BCUT2D eigenvalue weighted by molar-refractivity contribution is 0.0846. The topological polar surface area (TPSA) is 88.9 Å². The van der Waals surface area contributed by atoms with Gasteiger partial charge in [-0.05, 0) is 40.2 Å². The maximum Gasteiger partial charge on any atom is 0.289 e. The van der Waals surface area contributed by atoms with Crippen LogP contribution in [0.1, 0.15) is 20.2 Å². The van der Waals surface area contributed by atoms with Crippen LogP contribution in [0.4, 0.5) is 0 Å². The minimum atomic E-state index is -0.484. The first-order valence-electron chi connectivity index (χ1n) is 8.02. The second-order valence-corrected chi connectivity index (χ2v) is 8.88. The Kier molecular flexibility index (Phi) is 5.33. The molecule has 0 aliphatic carbocycles. The van der Waals surface area contributed by atoms with Crippen molar-refractivity contribution >= 4 is 50.4 Å². The number of hydrogen-bond acceptors (Lipinski definition) is 6. The predicted octanol–water partition coefficient (Wildman–Crippen LogP) is 3.89. The van der Waals surface area contributed by atoms with E-state index < -0.39 is 5.91 Å². The summed E-state index contributed by atoms with van der Waals surface area (Å²) in [4.78, 5) is 29.1. The van der Waals surface area contributed by atoms with Crippen LogP contribution in [0, 0.1) is 0 Å². The Morgan fingerprint density at radius 2 is 1.82 bits per heavy atom. The van der Waals surface area contributed by atoms with E-state index in [1.54, 1.807) is 28.4 Å². The SMILES string of the molecule is O=C(NNC(=O)c1ccc(Br)s1)c1csc(-c2cnn(-c3ccccc3)c2)n1. The van der Waals surface area contributed by atoms with Gasteiger partial charge in [0.25, 0.3) is 11.8 Å². The quantitative estimate of drug-likeness (QED) is 0.440. The van der Waals surface area contributed by atoms with Gasteiger partial charge in [-0.2, -0.15) is 5.10 Å². The van der Waals surface area contributed by atoms with Gasteiger partial charge in [-0.25, -0.2) is 9.67 Å². The van der Waals surface area contributed by atoms with Crippen molar-refractivity contribution in [1.82, 2.24) is 25.6 Å². The summed E-state index contributed by atoms with van der Waals surface area (Å²) in [5.74, 6) is -0.870. The van der Waals surface area contributed by atoms with Crippen molar-refractivity contribution < 1.29 is 9.59 Å². The number of aromatic nitrogens is 3. The third-order valence-corrected chi connectivity index (χ3v) is 6.19. The molecule has 0 fully saturated rings. The number of amides is 2. The lowest BCUT2D eigenvalue weighted by Crippen LogP contribution is -2.41. The molecule has 0 atom stereocenters. The summed E-state index contributed by atoms with van der Waals surface area (Å²) < 4.78 is 2.58. The summed E-state index contributed by atoms with van der Waals surface area (Å²) >= 11 is 5.90. The molecule has 3 aromatic heterocycles. The molecule has 2 amide bonds. The van der Waals surface area contributed by atoms with Crippen molar-refractivity contribution in [3.05, 3.63) is 74.6 Å². The number of halogens is 1. The zero-order valence-electron chi connectivity index (χ0n) is 14.1. The van der Waals surface area contributed by atoms with Gasteiger partial charge in [0.2, 0.25) is 0 Å². The Labute approximate surface area is 176 Å². The Bertz CT molecular complexity index is 1140. The molecule has 0 unspecified atom stereocenters. The number of thiophene rings is 1. The van der Waals surface area contributed by atoms with Crippen LogP contribution in [0.3, 0.4) is 0 Å². The fraction of sp³-hybridized carbons (Fsp3) is 0. The van der Waals surface area contributed by atoms with E-state index in [1.165, 1.54) is 22.7 Å². The van der Waals surface area contributed by atoms with Crippen LogP contribution >= 0.6 is 38.6 Å². The van der Waals surface area contributed by atoms with E-state index in [0.717, 1.165) is 15.0 Å². The van der Waals surface area contributed by atoms with Crippen LogP contribution in [0.15, 0.2) is 64.0 Å². The van der Waals surface area contributed by atoms with E-state index in [9.17, 15) is 9.59 Å². The van der Waals surface area contributed by atoms with Gasteiger partial charge in [0.15, 0.2) is 0 Å². The van der Waals surface area contributed by atoms with Gasteiger partial charge in [-0.3, -0.25) is 20.4 Å². The summed E-state index contributed by atoms with van der Waals surface area (Å²) in [7, 11) is 0. The number of rotatable bonds is 4. The van der Waals surface area contributed by atoms with Gasteiger partial charge >= 0.3 is 0 Å². The first-order chi connectivity index (χ1) is 13.6. The van der Waals surface area contributed by atoms with Crippen LogP contribution in [0.25, 0.3) is 16.3 Å². The van der Waals surface area contributed by atoms with Crippen LogP contribution < -0.4 is 10.9 Å². The Hall–Kier alpha value is -2.82. The molecule has 0 radical (unpaired) electrons. The summed E-state index contributed by atoms with van der Waals surface area (Å²) in [6.45, 7) is 0. The minimum Gasteiger partial charge on any atom is -0.266 e. The summed E-state index contributed by atoms with van der Waals surface area (Å²) in [5.41, 5.74) is 6.73. The van der Waals surface area contributed by atoms with Crippen molar-refractivity contribution in [2.75, 3.05) is 0 Å². The lowest BCUT2D eigenvalue weighted by Gasteiger charge is -2.03. The normalized spacial score (nSPS) is 10.6. The third kappa shape index (κ3) is 4.03. The maximum atomic E-state index is 12.2. The van der Waals surface area contributed by atoms with Gasteiger partial charge in [0.05, 0.1) is 20.5 Å². The zero-order valence-corrected chi connectivity index (χ0v) is 17.3. The maximum absolute atomic E-state index is 12.2. The third-order valence-electron chi connectivity index (χ3n) is 3.67. The number of nitrogens with zero attached hydrogens (tertiary/aromatic N) is 3. The molecule has 0 spiro atoms. The summed E-state index contributed by atoms with van der Waals surface area (Å²) in [6.07, 6.45) is 3.55. The van der Waals surface area contributed by atoms with E-state index in [4.69, 9.17) is 0 Å². The number of benzene rings is 1. The van der Waals surface area contributed by atoms with E-state index >= 15 is 0 Å². The average molecular weight is 474 g/mol. The van der Waals surface area contributed by atoms with E-state index in [2.05, 4.69) is 36.9 Å². The number of carbonyl (C=O) groups is 2. The Morgan fingerprint density at radius 3 is 2.57 bits per heavy atom. The van der Waals surface area contributed by atoms with Crippen LogP contribution in [0.5, 0.6) is 0 Å². The highest BCUT2D eigenvalue weighted by atomic mass is 79.9. The van der Waals surface area contributed by atoms with E-state index in [-0.39, 0.29) is 11.6 Å². The minimum absolute atomic E-state index is 0.222. The van der Waals surface area contributed by atoms with Crippen LogP contribution in [0.2, 0.25) is 0 Å². The first kappa shape index (κ1) is 18.5. The highest BCUT2D eigenvalue weighted by molar-refractivity contribution is 9.11. The fourth-order valence-electron chi connectivity index (χ4n) is 2.34. The highest BCUT2D eigenvalue weighted by Gasteiger charge is 2.15. The fourth-order valence-corrected chi connectivity index (χ4v) is 4.40. The van der Waals surface area contributed by atoms with Crippen molar-refractivity contribution in [3.8, 4) is 16.3 Å². The zero-order chi connectivity index (χ0) is 19.5. The van der Waals surface area contributed by atoms with Gasteiger partial charge in [-0.15, -0.1) is 22.7 Å². The first-order valence-corrected chi connectivity index (χ1v) is 10.5. The molecule has 140 valence electrons. The van der Waals surface area contributed by atoms with Gasteiger partial charge in [-0.1, -0.05) is 18.2 Å². The highest BCUT2D eigenvalue weighted by Crippen LogP contribution is 2.24. The van der Waals surface area contributed by atoms with Gasteiger partial charge in [0, 0.05) is 17.1 Å². The Morgan fingerprint density at radius 1 is 1.04 bits per heavy atom. The molecule has 0 saturated heterocycles. The van der Waals surface area contributed by atoms with Gasteiger partial charge < -0.3 is 0 Å². The molecule has 4 aromatic rings. The largest absolute Gasteiger partial charge is 0.289 e. The molecule has 4 rings (SSSR count). The standard InChI is InChI=1S/C18H12BrN5O2S2/c19-15-7-6-14(28-15)17(26)23-22-16(25)13-10-27-18(21-13)11-8-20-24(9-11)12-4-2-1-3-5-12/h1-10H,(H,22,25)(H,23,26). The van der Waals surface area contributed by atoms with Gasteiger partial charge in [0.1, 0.15) is 10.7 Å². The molecule has 10 heteroatoms. The number of para-hydroxylation sites is 1. The van der Waals surface area contributed by atoms with Crippen molar-refractivity contribution in [1.29, 1.82) is 0 Å². The lowest BCUT2D eigenvalue weighted by atomic mass is 10.3. The number of thiazole rings is 1. The predicted molar refractivity (Wildman–Crippen MR) is 112 cm³/mol. The molecule has 7 nitrogen and oxygen atoms in total. The smallest absolute Gasteiger partial charge is 0.266 e. The number of nitrogens with one attached hydrogen (secondary N) is 2. The van der Waals surface area contributed by atoms with Crippen molar-refractivity contribution in [2.24, 2.45) is 0 Å². The molecule has 1 aromatic carbocycles. The molecule has 0 aliphatic rings. The Balaban J connectivity index is 1.42. The molecule has 0 saturated carbocycles. The van der Waals surface area contributed by atoms with E-state index in [1.807, 2.05) is 36.5 Å². The number of hydrazine groups is 1.